The van der Waals surface area contributed by atoms with E-state index in [1.807, 2.05) is 13.0 Å². The fraction of sp³-hybridized carbons (Fsp3) is 0.632. The topological polar surface area (TPSA) is 88.8 Å². The number of aromatic nitrogens is 3. The minimum atomic E-state index is -0.145. The fourth-order valence-electron chi connectivity index (χ4n) is 5.62. The van der Waals surface area contributed by atoms with Gasteiger partial charge in [-0.3, -0.25) is 4.79 Å². The Morgan fingerprint density at radius 1 is 1.33 bits per heavy atom. The minimum absolute atomic E-state index is 0.00575. The summed E-state index contributed by atoms with van der Waals surface area (Å²) in [5.74, 6) is 2.60. The number of ether oxygens (including phenoxy) is 1. The second-order valence-corrected chi connectivity index (χ2v) is 8.26. The number of carbonyl (C=O) groups excluding carboxylic acids is 1. The highest BCUT2D eigenvalue weighted by Gasteiger charge is 2.63. The number of halogens is 1. The van der Waals surface area contributed by atoms with Gasteiger partial charge in [0.05, 0.1) is 24.8 Å². The lowest BCUT2D eigenvalue weighted by Gasteiger charge is -2.47. The number of aliphatic hydroxyl groups excluding tert-OH is 1. The first kappa shape index (κ1) is 17.3. The van der Waals surface area contributed by atoms with Gasteiger partial charge in [0, 0.05) is 6.04 Å². The number of rotatable bonds is 5. The molecule has 6 atom stereocenters. The average Bonchev–Trinajstić information content (AvgIpc) is 3.38. The molecular formula is C19H23ClN4O3. The van der Waals surface area contributed by atoms with Crippen molar-refractivity contribution in [3.63, 3.8) is 0 Å². The monoisotopic (exact) mass is 390 g/mol. The lowest BCUT2D eigenvalue weighted by Crippen LogP contribution is -2.53. The SMILES string of the molecule is CCOC(=O)[C@@H]1[C@@H](Nc2nc(Cl)nn3c(CO)ccc23)[C@@H]2CC[C@H]1C1CC12. The van der Waals surface area contributed by atoms with Crippen molar-refractivity contribution in [1.82, 2.24) is 14.6 Å². The summed E-state index contributed by atoms with van der Waals surface area (Å²) in [5.41, 5.74) is 1.39. The molecule has 2 aromatic heterocycles. The smallest absolute Gasteiger partial charge is 0.311 e. The lowest BCUT2D eigenvalue weighted by atomic mass is 9.61. The molecule has 2 aromatic rings. The summed E-state index contributed by atoms with van der Waals surface area (Å²) >= 11 is 6.14. The Morgan fingerprint density at radius 2 is 2.11 bits per heavy atom. The van der Waals surface area contributed by atoms with E-state index >= 15 is 0 Å². The van der Waals surface area contributed by atoms with Crippen molar-refractivity contribution in [2.75, 3.05) is 11.9 Å². The van der Waals surface area contributed by atoms with Crippen LogP contribution in [0.15, 0.2) is 12.1 Å². The minimum Gasteiger partial charge on any atom is -0.466 e. The van der Waals surface area contributed by atoms with E-state index in [0.29, 0.717) is 41.8 Å². The van der Waals surface area contributed by atoms with Gasteiger partial charge in [0.15, 0.2) is 5.82 Å². The standard InChI is InChI=1S/C19H23ClN4O3/c1-2-27-18(26)15-10-4-5-11(13-7-12(10)13)16(15)21-17-14-6-3-9(8-25)24(14)23-19(20)22-17/h3,6,10-13,15-16,25H,2,4-5,7-8H2,1H3,(H,21,22,23)/t10-,11+,12?,13?,15-,16-/m0/s1. The molecule has 144 valence electrons. The molecule has 6 rings (SSSR count). The molecule has 8 heteroatoms. The predicted octanol–water partition coefficient (Wildman–Crippen LogP) is 2.51. The highest BCUT2D eigenvalue weighted by atomic mass is 35.5. The van der Waals surface area contributed by atoms with Gasteiger partial charge >= 0.3 is 5.97 Å². The van der Waals surface area contributed by atoms with Crippen LogP contribution in [0.5, 0.6) is 0 Å². The van der Waals surface area contributed by atoms with E-state index in [9.17, 15) is 9.90 Å². The highest BCUT2D eigenvalue weighted by molar-refractivity contribution is 6.28. The van der Waals surface area contributed by atoms with Crippen LogP contribution in [-0.4, -0.2) is 38.3 Å². The van der Waals surface area contributed by atoms with Crippen LogP contribution in [0.25, 0.3) is 5.52 Å². The Morgan fingerprint density at radius 3 is 2.89 bits per heavy atom. The molecule has 0 aliphatic heterocycles. The van der Waals surface area contributed by atoms with Crippen LogP contribution in [0, 0.1) is 29.6 Å². The van der Waals surface area contributed by atoms with Gasteiger partial charge in [-0.25, -0.2) is 4.52 Å². The highest BCUT2D eigenvalue weighted by Crippen LogP contribution is 2.64. The molecule has 0 amide bonds. The quantitative estimate of drug-likeness (QED) is 0.762. The molecular weight excluding hydrogens is 368 g/mol. The fourth-order valence-corrected chi connectivity index (χ4v) is 5.78. The van der Waals surface area contributed by atoms with Gasteiger partial charge in [0.1, 0.15) is 5.52 Å². The summed E-state index contributed by atoms with van der Waals surface area (Å²) < 4.78 is 7.03. The summed E-state index contributed by atoms with van der Waals surface area (Å²) in [7, 11) is 0. The van der Waals surface area contributed by atoms with Gasteiger partial charge < -0.3 is 15.2 Å². The number of esters is 1. The van der Waals surface area contributed by atoms with E-state index < -0.39 is 0 Å². The maximum absolute atomic E-state index is 12.8. The van der Waals surface area contributed by atoms with E-state index in [-0.39, 0.29) is 29.8 Å². The molecule has 2 bridgehead atoms. The molecule has 0 aromatic carbocycles. The molecule has 4 fully saturated rings. The number of nitrogens with zero attached hydrogens (tertiary/aromatic N) is 3. The molecule has 4 aliphatic rings. The molecule has 4 aliphatic carbocycles. The zero-order valence-electron chi connectivity index (χ0n) is 15.1. The summed E-state index contributed by atoms with van der Waals surface area (Å²) in [6.45, 7) is 2.12. The molecule has 2 N–H and O–H groups in total. The summed E-state index contributed by atoms with van der Waals surface area (Å²) in [5, 5.41) is 17.4. The molecule has 0 spiro atoms. The van der Waals surface area contributed by atoms with Crippen LogP contribution < -0.4 is 5.32 Å². The third-order valence-electron chi connectivity index (χ3n) is 6.72. The number of nitrogens with one attached hydrogen (secondary N) is 1. The van der Waals surface area contributed by atoms with Crippen molar-refractivity contribution in [3.05, 3.63) is 23.1 Å². The maximum Gasteiger partial charge on any atom is 0.311 e. The van der Waals surface area contributed by atoms with E-state index in [4.69, 9.17) is 16.3 Å². The van der Waals surface area contributed by atoms with Gasteiger partial charge in [-0.1, -0.05) is 0 Å². The Kier molecular flexibility index (Phi) is 4.05. The number of fused-ring (bicyclic) bond motifs is 3. The van der Waals surface area contributed by atoms with Crippen LogP contribution in [0.1, 0.15) is 31.9 Å². The zero-order valence-corrected chi connectivity index (χ0v) is 15.9. The predicted molar refractivity (Wildman–Crippen MR) is 99.3 cm³/mol. The van der Waals surface area contributed by atoms with Gasteiger partial charge in [-0.15, -0.1) is 5.10 Å². The first-order valence-electron chi connectivity index (χ1n) is 9.70. The third-order valence-corrected chi connectivity index (χ3v) is 6.88. The Balaban J connectivity index is 1.53. The van der Waals surface area contributed by atoms with Crippen LogP contribution in [0.2, 0.25) is 5.28 Å². The molecule has 2 heterocycles. The Hall–Kier alpha value is -1.86. The zero-order chi connectivity index (χ0) is 18.7. The van der Waals surface area contributed by atoms with Crippen molar-refractivity contribution < 1.29 is 14.6 Å². The van der Waals surface area contributed by atoms with E-state index in [2.05, 4.69) is 15.4 Å². The largest absolute Gasteiger partial charge is 0.466 e. The van der Waals surface area contributed by atoms with Crippen molar-refractivity contribution in [2.24, 2.45) is 29.6 Å². The average molecular weight is 391 g/mol. The second kappa shape index (κ2) is 6.34. The van der Waals surface area contributed by atoms with Crippen LogP contribution in [-0.2, 0) is 16.1 Å². The van der Waals surface area contributed by atoms with Crippen LogP contribution in [0.3, 0.4) is 0 Å². The summed E-state index contributed by atoms with van der Waals surface area (Å²) in [6.07, 6.45) is 3.47. The molecule has 27 heavy (non-hydrogen) atoms. The van der Waals surface area contributed by atoms with Crippen LogP contribution in [0.4, 0.5) is 5.82 Å². The van der Waals surface area contributed by atoms with Gasteiger partial charge in [-0.2, -0.15) is 4.98 Å². The summed E-state index contributed by atoms with van der Waals surface area (Å²) in [6, 6.07) is 3.66. The van der Waals surface area contributed by atoms with Gasteiger partial charge in [-0.05, 0) is 73.6 Å². The van der Waals surface area contributed by atoms with Crippen molar-refractivity contribution in [1.29, 1.82) is 0 Å². The summed E-state index contributed by atoms with van der Waals surface area (Å²) in [4.78, 5) is 17.2. The number of hydrogen-bond acceptors (Lipinski definition) is 6. The van der Waals surface area contributed by atoms with E-state index in [1.165, 1.54) is 6.42 Å². The number of carbonyl (C=O) groups is 1. The number of aliphatic hydroxyl groups is 1. The lowest BCUT2D eigenvalue weighted by molar-refractivity contribution is -0.155. The Labute approximate surface area is 162 Å². The van der Waals surface area contributed by atoms with E-state index in [1.54, 1.807) is 10.6 Å². The molecule has 2 unspecified atom stereocenters. The van der Waals surface area contributed by atoms with Crippen molar-refractivity contribution >= 4 is 28.9 Å². The number of anilines is 1. The second-order valence-electron chi connectivity index (χ2n) is 7.93. The van der Waals surface area contributed by atoms with Gasteiger partial charge in [0.25, 0.3) is 0 Å². The molecule has 7 nitrogen and oxygen atoms in total. The normalized spacial score (nSPS) is 33.7. The molecule has 4 saturated carbocycles. The first-order chi connectivity index (χ1) is 13.1. The van der Waals surface area contributed by atoms with Crippen molar-refractivity contribution in [3.8, 4) is 0 Å². The van der Waals surface area contributed by atoms with Gasteiger partial charge in [0.2, 0.25) is 5.28 Å². The first-order valence-corrected chi connectivity index (χ1v) is 10.1. The Bertz CT molecular complexity index is 900. The maximum atomic E-state index is 12.8. The third kappa shape index (κ3) is 2.63. The molecule has 0 saturated heterocycles. The van der Waals surface area contributed by atoms with Crippen LogP contribution >= 0.6 is 11.6 Å². The van der Waals surface area contributed by atoms with Crippen molar-refractivity contribution in [2.45, 2.75) is 38.8 Å². The number of hydrogen-bond donors (Lipinski definition) is 2. The molecule has 0 radical (unpaired) electrons. The van der Waals surface area contributed by atoms with E-state index in [0.717, 1.165) is 18.4 Å².